The molecule has 0 aromatic carbocycles. The van der Waals surface area contributed by atoms with Crippen LogP contribution in [0.3, 0.4) is 0 Å². The lowest BCUT2D eigenvalue weighted by Gasteiger charge is -2.37. The molecule has 0 bridgehead atoms. The van der Waals surface area contributed by atoms with E-state index in [-0.39, 0.29) is 0 Å². The first-order valence-corrected chi connectivity index (χ1v) is 8.00. The van der Waals surface area contributed by atoms with Crippen molar-refractivity contribution in [3.63, 3.8) is 0 Å². The van der Waals surface area contributed by atoms with Crippen molar-refractivity contribution in [2.45, 2.75) is 32.1 Å². The smallest absolute Gasteiger partial charge is 0.102 e. The van der Waals surface area contributed by atoms with Gasteiger partial charge < -0.3 is 20.7 Å². The molecule has 0 amide bonds. The molecule has 1 saturated heterocycles. The molecule has 0 radical (unpaired) electrons. The largest absolute Gasteiger partial charge is 0.397 e. The summed E-state index contributed by atoms with van der Waals surface area (Å²) < 4.78 is 6.95. The number of hydrogen-bond donors (Lipinski definition) is 2. The molecule has 0 spiro atoms. The van der Waals surface area contributed by atoms with Crippen LogP contribution in [0, 0.1) is 0 Å². The van der Waals surface area contributed by atoms with Crippen molar-refractivity contribution in [3.8, 4) is 0 Å². The van der Waals surface area contributed by atoms with Crippen LogP contribution in [0.1, 0.15) is 31.4 Å². The first-order chi connectivity index (χ1) is 10.1. The Bertz CT molecular complexity index is 444. The van der Waals surface area contributed by atoms with Gasteiger partial charge in [0.05, 0.1) is 50.0 Å². The third kappa shape index (κ3) is 5.17. The third-order valence-electron chi connectivity index (χ3n) is 4.40. The van der Waals surface area contributed by atoms with Crippen LogP contribution in [-0.2, 0) is 11.2 Å². The maximum Gasteiger partial charge on any atom is 0.102 e. The summed E-state index contributed by atoms with van der Waals surface area (Å²) in [6.07, 6.45) is 7.57. The van der Waals surface area contributed by atoms with Crippen molar-refractivity contribution in [3.05, 3.63) is 18.0 Å². The number of nitrogens with zero attached hydrogens (tertiary/aromatic N) is 2. The number of anilines is 2. The highest BCUT2D eigenvalue weighted by Crippen LogP contribution is 2.16. The number of quaternary nitrogens is 1. The van der Waals surface area contributed by atoms with E-state index in [1.54, 1.807) is 12.3 Å². The van der Waals surface area contributed by atoms with Gasteiger partial charge in [-0.3, -0.25) is 4.98 Å². The molecule has 1 fully saturated rings. The van der Waals surface area contributed by atoms with E-state index in [2.05, 4.69) is 12.0 Å². The second-order valence-corrected chi connectivity index (χ2v) is 6.37. The number of pyridine rings is 1. The molecule has 5 nitrogen and oxygen atoms in total. The Morgan fingerprint density at radius 3 is 2.67 bits per heavy atom. The molecule has 2 rings (SSSR count). The maximum absolute atomic E-state index is 5.89. The summed E-state index contributed by atoms with van der Waals surface area (Å²) in [5.41, 5.74) is 13.7. The summed E-state index contributed by atoms with van der Waals surface area (Å²) in [5, 5.41) is 0. The zero-order chi connectivity index (χ0) is 15.1. The molecule has 0 saturated carbocycles. The molecule has 21 heavy (non-hydrogen) atoms. The summed E-state index contributed by atoms with van der Waals surface area (Å²) in [7, 11) is 2.35. The Labute approximate surface area is 127 Å². The summed E-state index contributed by atoms with van der Waals surface area (Å²) in [5.74, 6) is 0. The van der Waals surface area contributed by atoms with Gasteiger partial charge in [0.15, 0.2) is 0 Å². The molecule has 1 aliphatic heterocycles. The highest BCUT2D eigenvalue weighted by molar-refractivity contribution is 5.52. The molecule has 118 valence electrons. The predicted octanol–water partition coefficient (Wildman–Crippen LogP) is 1.83. The fourth-order valence-corrected chi connectivity index (χ4v) is 2.96. The Morgan fingerprint density at radius 1 is 1.19 bits per heavy atom. The lowest BCUT2D eigenvalue weighted by atomic mass is 10.1. The lowest BCUT2D eigenvalue weighted by molar-refractivity contribution is -0.914. The molecule has 1 aromatic rings. The first kappa shape index (κ1) is 16.0. The molecule has 0 unspecified atom stereocenters. The normalized spacial score (nSPS) is 17.8. The van der Waals surface area contributed by atoms with E-state index in [0.717, 1.165) is 38.3 Å². The molecular weight excluding hydrogens is 264 g/mol. The van der Waals surface area contributed by atoms with Crippen LogP contribution in [0.5, 0.6) is 0 Å². The van der Waals surface area contributed by atoms with Crippen molar-refractivity contribution in [1.82, 2.24) is 4.98 Å². The minimum atomic E-state index is 0.617. The van der Waals surface area contributed by atoms with Gasteiger partial charge in [-0.25, -0.2) is 0 Å². The molecule has 1 aromatic heterocycles. The fraction of sp³-hybridized carbons (Fsp3) is 0.688. The fourth-order valence-electron chi connectivity index (χ4n) is 2.96. The average Bonchev–Trinajstić information content (AvgIpc) is 2.45. The van der Waals surface area contributed by atoms with Crippen LogP contribution in [0.2, 0.25) is 0 Å². The van der Waals surface area contributed by atoms with E-state index in [1.165, 1.54) is 36.8 Å². The molecule has 1 aliphatic rings. The third-order valence-corrected chi connectivity index (χ3v) is 4.40. The molecule has 0 atom stereocenters. The van der Waals surface area contributed by atoms with E-state index >= 15 is 0 Å². The number of likely N-dealkylation sites (tertiary alicyclic amines) is 1. The van der Waals surface area contributed by atoms with Crippen molar-refractivity contribution in [2.24, 2.45) is 0 Å². The van der Waals surface area contributed by atoms with Gasteiger partial charge in [-0.05, 0) is 38.2 Å². The Hall–Kier alpha value is -1.33. The van der Waals surface area contributed by atoms with E-state index in [1.807, 2.05) is 0 Å². The summed E-state index contributed by atoms with van der Waals surface area (Å²) in [6, 6.07) is 1.77. The van der Waals surface area contributed by atoms with Crippen LogP contribution < -0.4 is 11.5 Å². The van der Waals surface area contributed by atoms with Crippen LogP contribution in [0.4, 0.5) is 11.4 Å². The van der Waals surface area contributed by atoms with Gasteiger partial charge in [-0.2, -0.15) is 0 Å². The van der Waals surface area contributed by atoms with E-state index in [0.29, 0.717) is 11.4 Å². The number of piperidine rings is 1. The Kier molecular flexibility index (Phi) is 5.82. The van der Waals surface area contributed by atoms with Gasteiger partial charge in [0.25, 0.3) is 0 Å². The molecular formula is C16H29N4O+. The number of aromatic nitrogens is 1. The topological polar surface area (TPSA) is 74.2 Å². The van der Waals surface area contributed by atoms with Crippen molar-refractivity contribution < 1.29 is 9.22 Å². The van der Waals surface area contributed by atoms with E-state index in [9.17, 15) is 0 Å². The Morgan fingerprint density at radius 2 is 1.95 bits per heavy atom. The van der Waals surface area contributed by atoms with Gasteiger partial charge >= 0.3 is 0 Å². The monoisotopic (exact) mass is 293 g/mol. The van der Waals surface area contributed by atoms with Crippen molar-refractivity contribution >= 4 is 11.4 Å². The minimum absolute atomic E-state index is 0.617. The highest BCUT2D eigenvalue weighted by Gasteiger charge is 2.23. The quantitative estimate of drug-likeness (QED) is 0.594. The standard InChI is InChI=1S/C16H29N4O/c1-20(7-3-2-4-8-20)9-11-21-10-5-6-16-15(18)12-14(17)13-19-16/h12-13H,2-11,17-18H2,1H3/q+1. The van der Waals surface area contributed by atoms with Crippen LogP contribution in [0.15, 0.2) is 12.3 Å². The van der Waals surface area contributed by atoms with Gasteiger partial charge in [0, 0.05) is 6.61 Å². The minimum Gasteiger partial charge on any atom is -0.397 e. The van der Waals surface area contributed by atoms with Gasteiger partial charge in [0.2, 0.25) is 0 Å². The number of nitrogen functional groups attached to an aromatic ring is 2. The second kappa shape index (κ2) is 7.61. The van der Waals surface area contributed by atoms with Crippen molar-refractivity contribution in [1.29, 1.82) is 0 Å². The van der Waals surface area contributed by atoms with Crippen LogP contribution in [-0.4, -0.2) is 49.4 Å². The lowest BCUT2D eigenvalue weighted by Crippen LogP contribution is -2.49. The number of likely N-dealkylation sites (N-methyl/N-ethyl adjacent to an activating group) is 1. The Balaban J connectivity index is 1.59. The zero-order valence-corrected chi connectivity index (χ0v) is 13.2. The molecule has 4 N–H and O–H groups in total. The molecule has 0 aliphatic carbocycles. The zero-order valence-electron chi connectivity index (χ0n) is 13.2. The molecule has 2 heterocycles. The summed E-state index contributed by atoms with van der Waals surface area (Å²) in [4.78, 5) is 4.27. The van der Waals surface area contributed by atoms with Gasteiger partial charge in [-0.15, -0.1) is 0 Å². The predicted molar refractivity (Wildman–Crippen MR) is 86.8 cm³/mol. The van der Waals surface area contributed by atoms with Gasteiger partial charge in [-0.1, -0.05) is 0 Å². The maximum atomic E-state index is 5.89. The SMILES string of the molecule is C[N+]1(CCOCCCc2ncc(N)cc2N)CCCCC1. The first-order valence-electron chi connectivity index (χ1n) is 8.00. The van der Waals surface area contributed by atoms with Gasteiger partial charge in [0.1, 0.15) is 6.54 Å². The molecule has 5 heteroatoms. The highest BCUT2D eigenvalue weighted by atomic mass is 16.5. The summed E-state index contributed by atoms with van der Waals surface area (Å²) >= 11 is 0. The van der Waals surface area contributed by atoms with E-state index < -0.39 is 0 Å². The average molecular weight is 293 g/mol. The van der Waals surface area contributed by atoms with E-state index in [4.69, 9.17) is 16.2 Å². The van der Waals surface area contributed by atoms with Crippen molar-refractivity contribution in [2.75, 3.05) is 51.4 Å². The summed E-state index contributed by atoms with van der Waals surface area (Å²) in [6.45, 7) is 5.35. The van der Waals surface area contributed by atoms with Crippen LogP contribution in [0.25, 0.3) is 0 Å². The number of ether oxygens (including phenoxy) is 1. The second-order valence-electron chi connectivity index (χ2n) is 6.37. The number of hydrogen-bond acceptors (Lipinski definition) is 4. The number of aryl methyl sites for hydroxylation is 1. The number of nitrogens with two attached hydrogens (primary N) is 2. The number of rotatable bonds is 7. The van der Waals surface area contributed by atoms with Crippen LogP contribution >= 0.6 is 0 Å².